The van der Waals surface area contributed by atoms with Gasteiger partial charge in [-0.25, -0.2) is 4.90 Å². The van der Waals surface area contributed by atoms with Crippen LogP contribution in [0.2, 0.25) is 0 Å². The van der Waals surface area contributed by atoms with Crippen molar-refractivity contribution >= 4 is 34.7 Å². The summed E-state index contributed by atoms with van der Waals surface area (Å²) in [6, 6.07) is 15.0. The number of imide groups is 1. The second-order valence-corrected chi connectivity index (χ2v) is 6.33. The number of hydrazone groups is 1. The molecular weight excluding hydrogens is 346 g/mol. The number of hydrogen-bond acceptors (Lipinski definition) is 6. The lowest BCUT2D eigenvalue weighted by Gasteiger charge is -2.22. The van der Waals surface area contributed by atoms with Crippen molar-refractivity contribution in [3.05, 3.63) is 54.6 Å². The second-order valence-electron chi connectivity index (χ2n) is 6.33. The Kier molecular flexibility index (Phi) is 3.99. The first kappa shape index (κ1) is 17.0. The van der Waals surface area contributed by atoms with Crippen LogP contribution < -0.4 is 14.6 Å². The third kappa shape index (κ3) is 2.51. The van der Waals surface area contributed by atoms with Gasteiger partial charge in [0, 0.05) is 6.92 Å². The number of fused-ring (bicyclic) bond motifs is 1. The normalized spacial score (nSPS) is 21.3. The van der Waals surface area contributed by atoms with Gasteiger partial charge >= 0.3 is 0 Å². The van der Waals surface area contributed by atoms with E-state index in [0.29, 0.717) is 17.1 Å². The molecule has 2 aromatic carbocycles. The number of methoxy groups -OCH3 is 1. The van der Waals surface area contributed by atoms with Gasteiger partial charge in [-0.05, 0) is 24.3 Å². The third-order valence-corrected chi connectivity index (χ3v) is 4.76. The molecule has 27 heavy (non-hydrogen) atoms. The Morgan fingerprint density at radius 1 is 1.00 bits per heavy atom. The highest BCUT2D eigenvalue weighted by atomic mass is 16.5. The standard InChI is InChI=1S/C20H17N3O4/c1-12(24)17-16-18(23(21-17)13-8-4-3-5-9-13)20(26)22(19(16)25)14-10-6-7-11-15(14)27-2/h3-11,16,18H,1-2H3/t16-,18+/m1/s1. The molecular formula is C20H17N3O4. The molecule has 1 saturated heterocycles. The van der Waals surface area contributed by atoms with Crippen molar-refractivity contribution in [1.82, 2.24) is 0 Å². The average molecular weight is 363 g/mol. The van der Waals surface area contributed by atoms with Crippen LogP contribution in [0.5, 0.6) is 5.75 Å². The number of para-hydroxylation sites is 3. The lowest BCUT2D eigenvalue weighted by Crippen LogP contribution is -2.39. The molecule has 0 aliphatic carbocycles. The highest BCUT2D eigenvalue weighted by Gasteiger charge is 2.58. The summed E-state index contributed by atoms with van der Waals surface area (Å²) in [6.07, 6.45) is 0. The topological polar surface area (TPSA) is 79.3 Å². The molecule has 2 aromatic rings. The summed E-state index contributed by atoms with van der Waals surface area (Å²) in [5, 5.41) is 5.78. The van der Waals surface area contributed by atoms with E-state index < -0.39 is 23.8 Å². The maximum Gasteiger partial charge on any atom is 0.260 e. The molecule has 2 amide bonds. The summed E-state index contributed by atoms with van der Waals surface area (Å²) in [5.41, 5.74) is 1.10. The molecule has 136 valence electrons. The van der Waals surface area contributed by atoms with Gasteiger partial charge in [0.15, 0.2) is 5.78 Å². The zero-order chi connectivity index (χ0) is 19.1. The predicted octanol–water partition coefficient (Wildman–Crippen LogP) is 2.02. The van der Waals surface area contributed by atoms with E-state index in [9.17, 15) is 14.4 Å². The second kappa shape index (κ2) is 6.35. The molecule has 0 saturated carbocycles. The third-order valence-electron chi connectivity index (χ3n) is 4.76. The summed E-state index contributed by atoms with van der Waals surface area (Å²) in [6.45, 7) is 1.36. The van der Waals surface area contributed by atoms with Crippen LogP contribution in [-0.4, -0.2) is 36.5 Å². The number of nitrogens with zero attached hydrogens (tertiary/aromatic N) is 3. The van der Waals surface area contributed by atoms with Crippen molar-refractivity contribution in [2.75, 3.05) is 17.0 Å². The smallest absolute Gasteiger partial charge is 0.260 e. The van der Waals surface area contributed by atoms with Crippen LogP contribution in [0.4, 0.5) is 11.4 Å². The predicted molar refractivity (Wildman–Crippen MR) is 99.8 cm³/mol. The number of rotatable bonds is 4. The van der Waals surface area contributed by atoms with E-state index in [1.807, 2.05) is 18.2 Å². The first-order valence-corrected chi connectivity index (χ1v) is 8.49. The van der Waals surface area contributed by atoms with E-state index in [4.69, 9.17) is 4.74 Å². The maximum absolute atomic E-state index is 13.2. The van der Waals surface area contributed by atoms with Crippen molar-refractivity contribution in [3.8, 4) is 5.75 Å². The van der Waals surface area contributed by atoms with Gasteiger partial charge in [-0.1, -0.05) is 30.3 Å². The van der Waals surface area contributed by atoms with Crippen LogP contribution in [0.1, 0.15) is 6.92 Å². The largest absolute Gasteiger partial charge is 0.495 e. The number of ether oxygens (including phenoxy) is 1. The molecule has 1 fully saturated rings. The van der Waals surface area contributed by atoms with Crippen LogP contribution >= 0.6 is 0 Å². The van der Waals surface area contributed by atoms with E-state index in [2.05, 4.69) is 5.10 Å². The van der Waals surface area contributed by atoms with Gasteiger partial charge in [0.1, 0.15) is 23.4 Å². The highest BCUT2D eigenvalue weighted by Crippen LogP contribution is 2.40. The number of Topliss-reactive ketones (excluding diaryl/α,β-unsaturated/α-hetero) is 1. The molecule has 2 heterocycles. The molecule has 4 rings (SSSR count). The van der Waals surface area contributed by atoms with E-state index in [1.54, 1.807) is 36.4 Å². The first-order valence-electron chi connectivity index (χ1n) is 8.49. The molecule has 0 aromatic heterocycles. The summed E-state index contributed by atoms with van der Waals surface area (Å²) in [7, 11) is 1.48. The number of hydrogen-bond donors (Lipinski definition) is 0. The van der Waals surface area contributed by atoms with Gasteiger partial charge in [-0.2, -0.15) is 5.10 Å². The van der Waals surface area contributed by atoms with Crippen molar-refractivity contribution < 1.29 is 19.1 Å². The molecule has 0 N–H and O–H groups in total. The minimum atomic E-state index is -0.930. The number of amides is 2. The fourth-order valence-corrected chi connectivity index (χ4v) is 3.55. The fraction of sp³-hybridized carbons (Fsp3) is 0.200. The van der Waals surface area contributed by atoms with Gasteiger partial charge in [-0.15, -0.1) is 0 Å². The summed E-state index contributed by atoms with van der Waals surface area (Å²) in [5.74, 6) is -1.75. The highest BCUT2D eigenvalue weighted by molar-refractivity contribution is 6.49. The molecule has 7 nitrogen and oxygen atoms in total. The van der Waals surface area contributed by atoms with E-state index >= 15 is 0 Å². The maximum atomic E-state index is 13.2. The van der Waals surface area contributed by atoms with Crippen molar-refractivity contribution in [2.24, 2.45) is 11.0 Å². The number of carbonyl (C=O) groups is 3. The van der Waals surface area contributed by atoms with Gasteiger partial charge in [0.25, 0.3) is 5.91 Å². The SMILES string of the molecule is COc1ccccc1N1C(=O)[C@@H]2C(C(C)=O)=NN(c3ccccc3)[C@@H]2C1=O. The molecule has 2 aliphatic heterocycles. The molecule has 2 aliphatic rings. The Morgan fingerprint density at radius 3 is 2.33 bits per heavy atom. The number of carbonyl (C=O) groups excluding carboxylic acids is 3. The summed E-state index contributed by atoms with van der Waals surface area (Å²) >= 11 is 0. The Bertz CT molecular complexity index is 970. The van der Waals surface area contributed by atoms with Crippen LogP contribution in [0.15, 0.2) is 59.7 Å². The van der Waals surface area contributed by atoms with Crippen LogP contribution in [0, 0.1) is 5.92 Å². The quantitative estimate of drug-likeness (QED) is 0.777. The molecule has 2 atom stereocenters. The van der Waals surface area contributed by atoms with Crippen molar-refractivity contribution in [1.29, 1.82) is 0 Å². The van der Waals surface area contributed by atoms with Gasteiger partial charge < -0.3 is 4.74 Å². The minimum Gasteiger partial charge on any atom is -0.495 e. The molecule has 0 unspecified atom stereocenters. The van der Waals surface area contributed by atoms with E-state index in [0.717, 1.165) is 4.90 Å². The number of benzene rings is 2. The Morgan fingerprint density at radius 2 is 1.67 bits per heavy atom. The first-order chi connectivity index (χ1) is 13.0. The zero-order valence-corrected chi connectivity index (χ0v) is 14.8. The summed E-state index contributed by atoms with van der Waals surface area (Å²) < 4.78 is 5.31. The number of ketones is 1. The van der Waals surface area contributed by atoms with Crippen molar-refractivity contribution in [3.63, 3.8) is 0 Å². The van der Waals surface area contributed by atoms with E-state index in [-0.39, 0.29) is 11.5 Å². The Labute approximate surface area is 155 Å². The van der Waals surface area contributed by atoms with Gasteiger partial charge in [-0.3, -0.25) is 19.4 Å². The Hall–Kier alpha value is -3.48. The average Bonchev–Trinajstić information content (AvgIpc) is 3.20. The lowest BCUT2D eigenvalue weighted by molar-refractivity contribution is -0.122. The van der Waals surface area contributed by atoms with Crippen molar-refractivity contribution in [2.45, 2.75) is 13.0 Å². The van der Waals surface area contributed by atoms with Crippen LogP contribution in [-0.2, 0) is 14.4 Å². The van der Waals surface area contributed by atoms with Crippen LogP contribution in [0.3, 0.4) is 0 Å². The van der Waals surface area contributed by atoms with E-state index in [1.165, 1.54) is 19.0 Å². The minimum absolute atomic E-state index is 0.0969. The van der Waals surface area contributed by atoms with Crippen LogP contribution in [0.25, 0.3) is 0 Å². The monoisotopic (exact) mass is 363 g/mol. The fourth-order valence-electron chi connectivity index (χ4n) is 3.55. The van der Waals surface area contributed by atoms with Gasteiger partial charge in [0.05, 0.1) is 18.5 Å². The van der Waals surface area contributed by atoms with Gasteiger partial charge in [0.2, 0.25) is 5.91 Å². The number of anilines is 2. The molecule has 0 radical (unpaired) electrons. The zero-order valence-electron chi connectivity index (χ0n) is 14.8. The lowest BCUT2D eigenvalue weighted by atomic mass is 9.95. The Balaban J connectivity index is 1.82. The summed E-state index contributed by atoms with van der Waals surface area (Å²) in [4.78, 5) is 39.6. The molecule has 7 heteroatoms. The molecule has 0 bridgehead atoms. The molecule has 0 spiro atoms.